The monoisotopic (exact) mass is 428 g/mol. The summed E-state index contributed by atoms with van der Waals surface area (Å²) in [7, 11) is 0. The first-order valence-electron chi connectivity index (χ1n) is 9.34. The van der Waals surface area contributed by atoms with Gasteiger partial charge in [0.1, 0.15) is 5.75 Å². The molecule has 3 aromatic rings. The highest BCUT2D eigenvalue weighted by Crippen LogP contribution is 2.22. The van der Waals surface area contributed by atoms with Crippen molar-refractivity contribution < 1.29 is 14.3 Å². The number of rotatable bonds is 5. The SMILES string of the molecule is CCn1nc(C(=O)NNC(=O)C(C)Oc2ccc(Cl)cc2C)c2ccccc2c1=O. The lowest BCUT2D eigenvalue weighted by Gasteiger charge is -2.17. The molecule has 9 heteroatoms. The summed E-state index contributed by atoms with van der Waals surface area (Å²) in [4.78, 5) is 37.4. The second kappa shape index (κ2) is 8.96. The number of amides is 2. The summed E-state index contributed by atoms with van der Waals surface area (Å²) in [5.41, 5.74) is 5.20. The maximum Gasteiger partial charge on any atom is 0.290 e. The van der Waals surface area contributed by atoms with Gasteiger partial charge in [-0.2, -0.15) is 5.10 Å². The highest BCUT2D eigenvalue weighted by Gasteiger charge is 2.20. The molecule has 3 rings (SSSR count). The molecule has 30 heavy (non-hydrogen) atoms. The second-order valence-electron chi connectivity index (χ2n) is 6.63. The number of carbonyl (C=O) groups is 2. The first-order valence-corrected chi connectivity index (χ1v) is 9.72. The van der Waals surface area contributed by atoms with Gasteiger partial charge in [0.25, 0.3) is 17.4 Å². The quantitative estimate of drug-likeness (QED) is 0.608. The lowest BCUT2D eigenvalue weighted by Crippen LogP contribution is -2.47. The van der Waals surface area contributed by atoms with Crippen LogP contribution in [0.1, 0.15) is 29.9 Å². The molecule has 8 nitrogen and oxygen atoms in total. The first-order chi connectivity index (χ1) is 14.3. The van der Waals surface area contributed by atoms with Crippen molar-refractivity contribution >= 4 is 34.2 Å². The molecule has 0 radical (unpaired) electrons. The molecule has 0 aliphatic heterocycles. The number of hydrogen-bond donors (Lipinski definition) is 2. The molecule has 1 unspecified atom stereocenters. The van der Waals surface area contributed by atoms with Crippen LogP contribution in [0.3, 0.4) is 0 Å². The Kier molecular flexibility index (Phi) is 6.37. The third kappa shape index (κ3) is 4.44. The fourth-order valence-electron chi connectivity index (χ4n) is 2.89. The van der Waals surface area contributed by atoms with Gasteiger partial charge in [-0.1, -0.05) is 29.8 Å². The second-order valence-corrected chi connectivity index (χ2v) is 7.06. The molecule has 2 N–H and O–H groups in total. The van der Waals surface area contributed by atoms with Crippen LogP contribution in [0.5, 0.6) is 5.75 Å². The summed E-state index contributed by atoms with van der Waals surface area (Å²) in [6.45, 7) is 5.43. The first kappa shape index (κ1) is 21.3. The van der Waals surface area contributed by atoms with E-state index in [0.717, 1.165) is 5.56 Å². The summed E-state index contributed by atoms with van der Waals surface area (Å²) in [5, 5.41) is 5.47. The van der Waals surface area contributed by atoms with Gasteiger partial charge in [0.2, 0.25) is 0 Å². The van der Waals surface area contributed by atoms with Gasteiger partial charge in [0.15, 0.2) is 11.8 Å². The fourth-order valence-corrected chi connectivity index (χ4v) is 3.11. The molecule has 2 amide bonds. The van der Waals surface area contributed by atoms with Crippen LogP contribution < -0.4 is 21.1 Å². The molecule has 1 aromatic heterocycles. The van der Waals surface area contributed by atoms with E-state index in [0.29, 0.717) is 28.1 Å². The summed E-state index contributed by atoms with van der Waals surface area (Å²) in [6.07, 6.45) is -0.875. The molecule has 156 valence electrons. The lowest BCUT2D eigenvalue weighted by atomic mass is 10.1. The van der Waals surface area contributed by atoms with Crippen molar-refractivity contribution in [3.63, 3.8) is 0 Å². The number of hydrogen-bond acceptors (Lipinski definition) is 5. The molecule has 0 spiro atoms. The Bertz CT molecular complexity index is 1180. The standard InChI is InChI=1S/C21H21ClN4O4/c1-4-26-21(29)16-8-6-5-7-15(16)18(25-26)20(28)24-23-19(27)13(3)30-17-10-9-14(22)11-12(17)2/h5-11,13H,4H2,1-3H3,(H,23,27)(H,24,28). The van der Waals surface area contributed by atoms with Gasteiger partial charge >= 0.3 is 0 Å². The molecule has 0 saturated heterocycles. The van der Waals surface area contributed by atoms with Crippen LogP contribution in [0.2, 0.25) is 5.02 Å². The van der Waals surface area contributed by atoms with Crippen molar-refractivity contribution in [1.29, 1.82) is 0 Å². The van der Waals surface area contributed by atoms with Crippen LogP contribution in [0, 0.1) is 6.92 Å². The largest absolute Gasteiger partial charge is 0.481 e. The Morgan fingerprint density at radius 3 is 2.53 bits per heavy atom. The number of carbonyl (C=O) groups excluding carboxylic acids is 2. The molecule has 0 aliphatic rings. The fraction of sp³-hybridized carbons (Fsp3) is 0.238. The topological polar surface area (TPSA) is 102 Å². The molecular formula is C21H21ClN4O4. The number of ether oxygens (including phenoxy) is 1. The molecule has 0 bridgehead atoms. The molecular weight excluding hydrogens is 408 g/mol. The van der Waals surface area contributed by atoms with Crippen molar-refractivity contribution in [1.82, 2.24) is 20.6 Å². The van der Waals surface area contributed by atoms with Crippen molar-refractivity contribution in [2.45, 2.75) is 33.4 Å². The van der Waals surface area contributed by atoms with Gasteiger partial charge in [-0.05, 0) is 50.6 Å². The predicted octanol–water partition coefficient (Wildman–Crippen LogP) is 2.61. The van der Waals surface area contributed by atoms with E-state index < -0.39 is 17.9 Å². The summed E-state index contributed by atoms with van der Waals surface area (Å²) >= 11 is 5.92. The Labute approximate surface area is 177 Å². The minimum absolute atomic E-state index is 0.0365. The van der Waals surface area contributed by atoms with E-state index in [1.807, 2.05) is 6.92 Å². The molecule has 0 aliphatic carbocycles. The average molecular weight is 429 g/mol. The number of nitrogens with zero attached hydrogens (tertiary/aromatic N) is 2. The maximum absolute atomic E-state index is 12.7. The van der Waals surface area contributed by atoms with E-state index in [1.54, 1.807) is 56.3 Å². The third-order valence-electron chi connectivity index (χ3n) is 4.49. The van der Waals surface area contributed by atoms with Gasteiger partial charge in [-0.15, -0.1) is 0 Å². The van der Waals surface area contributed by atoms with Crippen molar-refractivity contribution in [2.75, 3.05) is 0 Å². The number of aromatic nitrogens is 2. The highest BCUT2D eigenvalue weighted by molar-refractivity contribution is 6.30. The Morgan fingerprint density at radius 1 is 1.17 bits per heavy atom. The van der Waals surface area contributed by atoms with Gasteiger partial charge in [-0.3, -0.25) is 25.2 Å². The van der Waals surface area contributed by atoms with Crippen LogP contribution >= 0.6 is 11.6 Å². The van der Waals surface area contributed by atoms with Gasteiger partial charge in [-0.25, -0.2) is 4.68 Å². The molecule has 1 atom stereocenters. The lowest BCUT2D eigenvalue weighted by molar-refractivity contribution is -0.128. The number of benzene rings is 2. The maximum atomic E-state index is 12.7. The van der Waals surface area contributed by atoms with E-state index in [-0.39, 0.29) is 11.3 Å². The normalized spacial score (nSPS) is 11.7. The summed E-state index contributed by atoms with van der Waals surface area (Å²) in [5.74, 6) is -0.682. The van der Waals surface area contributed by atoms with E-state index in [9.17, 15) is 14.4 Å². The van der Waals surface area contributed by atoms with Crippen molar-refractivity contribution in [3.05, 3.63) is 69.1 Å². The van der Waals surface area contributed by atoms with E-state index in [2.05, 4.69) is 16.0 Å². The Balaban J connectivity index is 1.73. The molecule has 0 fully saturated rings. The van der Waals surface area contributed by atoms with E-state index >= 15 is 0 Å². The van der Waals surface area contributed by atoms with Crippen molar-refractivity contribution in [3.8, 4) is 5.75 Å². The molecule has 0 saturated carbocycles. The van der Waals surface area contributed by atoms with Crippen LogP contribution in [0.4, 0.5) is 0 Å². The van der Waals surface area contributed by atoms with Gasteiger partial charge < -0.3 is 4.74 Å². The average Bonchev–Trinajstić information content (AvgIpc) is 2.74. The zero-order valence-corrected chi connectivity index (χ0v) is 17.5. The highest BCUT2D eigenvalue weighted by atomic mass is 35.5. The minimum Gasteiger partial charge on any atom is -0.481 e. The smallest absolute Gasteiger partial charge is 0.290 e. The molecule has 2 aromatic carbocycles. The summed E-state index contributed by atoms with van der Waals surface area (Å²) in [6, 6.07) is 11.7. The molecule has 1 heterocycles. The number of hydrazine groups is 1. The Morgan fingerprint density at radius 2 is 1.87 bits per heavy atom. The van der Waals surface area contributed by atoms with E-state index in [1.165, 1.54) is 4.68 Å². The zero-order chi connectivity index (χ0) is 21.8. The third-order valence-corrected chi connectivity index (χ3v) is 4.73. The van der Waals surface area contributed by atoms with E-state index in [4.69, 9.17) is 16.3 Å². The number of aryl methyl sites for hydroxylation is 2. The summed E-state index contributed by atoms with van der Waals surface area (Å²) < 4.78 is 6.84. The zero-order valence-electron chi connectivity index (χ0n) is 16.7. The predicted molar refractivity (Wildman–Crippen MR) is 114 cm³/mol. The number of nitrogens with one attached hydrogen (secondary N) is 2. The van der Waals surface area contributed by atoms with Gasteiger partial charge in [0, 0.05) is 17.0 Å². The number of halogens is 1. The van der Waals surface area contributed by atoms with Gasteiger partial charge in [0.05, 0.1) is 5.39 Å². The number of fused-ring (bicyclic) bond motifs is 1. The van der Waals surface area contributed by atoms with Crippen molar-refractivity contribution in [2.24, 2.45) is 0 Å². The van der Waals surface area contributed by atoms with Crippen LogP contribution in [0.15, 0.2) is 47.3 Å². The van der Waals surface area contributed by atoms with Crippen LogP contribution in [0.25, 0.3) is 10.8 Å². The Hall–Kier alpha value is -3.39. The van der Waals surface area contributed by atoms with Crippen LogP contribution in [-0.2, 0) is 11.3 Å². The minimum atomic E-state index is -0.875. The van der Waals surface area contributed by atoms with Crippen LogP contribution in [-0.4, -0.2) is 27.7 Å².